The summed E-state index contributed by atoms with van der Waals surface area (Å²) in [6, 6.07) is 5.13. The molecule has 0 aliphatic carbocycles. The van der Waals surface area contributed by atoms with Gasteiger partial charge in [0.05, 0.1) is 23.7 Å². The minimum atomic E-state index is -0.913. The first-order valence-electron chi connectivity index (χ1n) is 6.49. The van der Waals surface area contributed by atoms with E-state index in [9.17, 15) is 9.59 Å². The summed E-state index contributed by atoms with van der Waals surface area (Å²) < 4.78 is 1.63. The van der Waals surface area contributed by atoms with Gasteiger partial charge in [-0.2, -0.15) is 5.10 Å². The first-order chi connectivity index (χ1) is 9.54. The number of rotatable bonds is 5. The van der Waals surface area contributed by atoms with Crippen molar-refractivity contribution in [2.45, 2.75) is 26.3 Å². The van der Waals surface area contributed by atoms with Crippen LogP contribution in [0.1, 0.15) is 30.6 Å². The Kier molecular flexibility index (Phi) is 4.02. The Balaban J connectivity index is 2.31. The zero-order chi connectivity index (χ0) is 14.7. The van der Waals surface area contributed by atoms with Crippen LogP contribution in [-0.4, -0.2) is 44.1 Å². The van der Waals surface area contributed by atoms with Gasteiger partial charge in [0.25, 0.3) is 5.91 Å². The molecule has 0 saturated carbocycles. The van der Waals surface area contributed by atoms with Gasteiger partial charge in [0.2, 0.25) is 0 Å². The van der Waals surface area contributed by atoms with E-state index in [-0.39, 0.29) is 18.4 Å². The second-order valence-electron chi connectivity index (χ2n) is 4.63. The fraction of sp³-hybridized carbons (Fsp3) is 0.357. The van der Waals surface area contributed by atoms with Crippen molar-refractivity contribution in [3.63, 3.8) is 0 Å². The van der Waals surface area contributed by atoms with Crippen molar-refractivity contribution in [2.75, 3.05) is 6.54 Å². The van der Waals surface area contributed by atoms with Crippen LogP contribution >= 0.6 is 0 Å². The molecular weight excluding hydrogens is 258 g/mol. The number of carboxylic acids is 1. The first kappa shape index (κ1) is 14.0. The van der Waals surface area contributed by atoms with E-state index in [0.717, 1.165) is 5.52 Å². The molecule has 1 atom stereocenters. The van der Waals surface area contributed by atoms with Gasteiger partial charge in [0.1, 0.15) is 0 Å². The molecule has 106 valence electrons. The Hall–Kier alpha value is -2.37. The predicted octanol–water partition coefficient (Wildman–Crippen LogP) is 1.66. The van der Waals surface area contributed by atoms with Crippen LogP contribution in [0.2, 0.25) is 0 Å². The van der Waals surface area contributed by atoms with E-state index in [4.69, 9.17) is 5.11 Å². The summed E-state index contributed by atoms with van der Waals surface area (Å²) in [7, 11) is 0. The second-order valence-corrected chi connectivity index (χ2v) is 4.63. The lowest BCUT2D eigenvalue weighted by molar-refractivity contribution is -0.138. The number of carboxylic acid groups (broad SMARTS) is 1. The minimum Gasteiger partial charge on any atom is -0.481 e. The highest BCUT2D eigenvalue weighted by Gasteiger charge is 2.24. The minimum absolute atomic E-state index is 0.0706. The van der Waals surface area contributed by atoms with Crippen LogP contribution in [0.4, 0.5) is 0 Å². The molecule has 6 heteroatoms. The molecule has 0 spiro atoms. The maximum absolute atomic E-state index is 12.6. The number of amides is 1. The zero-order valence-electron chi connectivity index (χ0n) is 11.5. The maximum Gasteiger partial charge on any atom is 0.305 e. The third-order valence-electron chi connectivity index (χ3n) is 3.26. The molecule has 1 amide bonds. The SMILES string of the molecule is CCN(C(=O)c1cnn2ccccc12)C(C)CC(=O)O. The van der Waals surface area contributed by atoms with E-state index < -0.39 is 5.97 Å². The highest BCUT2D eigenvalue weighted by molar-refractivity contribution is 6.00. The van der Waals surface area contributed by atoms with E-state index in [1.165, 1.54) is 6.20 Å². The van der Waals surface area contributed by atoms with E-state index in [0.29, 0.717) is 12.1 Å². The summed E-state index contributed by atoms with van der Waals surface area (Å²) in [6.07, 6.45) is 3.22. The molecule has 1 N–H and O–H groups in total. The van der Waals surface area contributed by atoms with E-state index in [1.54, 1.807) is 22.5 Å². The molecule has 0 fully saturated rings. The van der Waals surface area contributed by atoms with Crippen LogP contribution in [-0.2, 0) is 4.79 Å². The molecule has 0 aliphatic rings. The molecule has 2 aromatic rings. The zero-order valence-corrected chi connectivity index (χ0v) is 11.5. The van der Waals surface area contributed by atoms with Gasteiger partial charge in [0.15, 0.2) is 0 Å². The Labute approximate surface area is 116 Å². The Bertz CT molecular complexity index is 635. The van der Waals surface area contributed by atoms with Gasteiger partial charge in [-0.25, -0.2) is 4.52 Å². The predicted molar refractivity (Wildman–Crippen MR) is 73.6 cm³/mol. The number of carbonyl (C=O) groups is 2. The molecule has 0 aromatic carbocycles. The molecule has 0 bridgehead atoms. The van der Waals surface area contributed by atoms with Crippen molar-refractivity contribution in [1.82, 2.24) is 14.5 Å². The standard InChI is InChI=1S/C14H17N3O3/c1-3-16(10(2)8-13(18)19)14(20)11-9-15-17-7-5-4-6-12(11)17/h4-7,9-10H,3,8H2,1-2H3,(H,18,19). The van der Waals surface area contributed by atoms with Crippen LogP contribution in [0.5, 0.6) is 0 Å². The highest BCUT2D eigenvalue weighted by Crippen LogP contribution is 2.15. The Morgan fingerprint density at radius 1 is 1.45 bits per heavy atom. The van der Waals surface area contributed by atoms with E-state index in [2.05, 4.69) is 5.10 Å². The number of carbonyl (C=O) groups excluding carboxylic acids is 1. The van der Waals surface area contributed by atoms with Crippen molar-refractivity contribution in [3.8, 4) is 0 Å². The lowest BCUT2D eigenvalue weighted by atomic mass is 10.1. The Morgan fingerprint density at radius 2 is 2.20 bits per heavy atom. The topological polar surface area (TPSA) is 74.9 Å². The first-order valence-corrected chi connectivity index (χ1v) is 6.49. The van der Waals surface area contributed by atoms with Crippen molar-refractivity contribution < 1.29 is 14.7 Å². The molecule has 0 aliphatic heterocycles. The number of aromatic nitrogens is 2. The molecule has 0 saturated heterocycles. The van der Waals surface area contributed by atoms with Crippen molar-refractivity contribution in [3.05, 3.63) is 36.2 Å². The molecular formula is C14H17N3O3. The van der Waals surface area contributed by atoms with Crippen LogP contribution in [0.25, 0.3) is 5.52 Å². The Morgan fingerprint density at radius 3 is 2.85 bits per heavy atom. The fourth-order valence-electron chi connectivity index (χ4n) is 2.27. The smallest absolute Gasteiger partial charge is 0.305 e. The molecule has 2 rings (SSSR count). The summed E-state index contributed by atoms with van der Waals surface area (Å²) >= 11 is 0. The largest absolute Gasteiger partial charge is 0.481 e. The maximum atomic E-state index is 12.6. The monoisotopic (exact) mass is 275 g/mol. The number of hydrogen-bond donors (Lipinski definition) is 1. The van der Waals surface area contributed by atoms with Crippen molar-refractivity contribution >= 4 is 17.4 Å². The van der Waals surface area contributed by atoms with Gasteiger partial charge in [-0.3, -0.25) is 9.59 Å². The van der Waals surface area contributed by atoms with Gasteiger partial charge in [-0.05, 0) is 26.0 Å². The summed E-state index contributed by atoms with van der Waals surface area (Å²) in [5, 5.41) is 13.0. The number of hydrogen-bond acceptors (Lipinski definition) is 3. The van der Waals surface area contributed by atoms with E-state index >= 15 is 0 Å². The van der Waals surface area contributed by atoms with Gasteiger partial charge >= 0.3 is 5.97 Å². The van der Waals surface area contributed by atoms with Gasteiger partial charge in [-0.1, -0.05) is 6.07 Å². The number of nitrogens with zero attached hydrogens (tertiary/aromatic N) is 3. The average Bonchev–Trinajstić information content (AvgIpc) is 2.82. The molecule has 0 radical (unpaired) electrons. The highest BCUT2D eigenvalue weighted by atomic mass is 16.4. The van der Waals surface area contributed by atoms with Crippen LogP contribution in [0, 0.1) is 0 Å². The molecule has 6 nitrogen and oxygen atoms in total. The van der Waals surface area contributed by atoms with E-state index in [1.807, 2.05) is 25.1 Å². The third-order valence-corrected chi connectivity index (χ3v) is 3.26. The van der Waals surface area contributed by atoms with Gasteiger partial charge in [-0.15, -0.1) is 0 Å². The molecule has 2 heterocycles. The van der Waals surface area contributed by atoms with Gasteiger partial charge in [0, 0.05) is 18.8 Å². The summed E-state index contributed by atoms with van der Waals surface area (Å²) in [5.41, 5.74) is 1.21. The summed E-state index contributed by atoms with van der Waals surface area (Å²) in [6.45, 7) is 4.03. The number of pyridine rings is 1. The lowest BCUT2D eigenvalue weighted by Crippen LogP contribution is -2.39. The van der Waals surface area contributed by atoms with Crippen molar-refractivity contribution in [2.24, 2.45) is 0 Å². The summed E-state index contributed by atoms with van der Waals surface area (Å²) in [4.78, 5) is 24.9. The van der Waals surface area contributed by atoms with Crippen LogP contribution in [0.15, 0.2) is 30.6 Å². The molecule has 2 aromatic heterocycles. The van der Waals surface area contributed by atoms with Crippen LogP contribution < -0.4 is 0 Å². The summed E-state index contributed by atoms with van der Waals surface area (Å²) in [5.74, 6) is -1.11. The molecule has 20 heavy (non-hydrogen) atoms. The quantitative estimate of drug-likeness (QED) is 0.900. The van der Waals surface area contributed by atoms with Crippen LogP contribution in [0.3, 0.4) is 0 Å². The lowest BCUT2D eigenvalue weighted by Gasteiger charge is -2.26. The normalized spacial score (nSPS) is 12.3. The number of aliphatic carboxylic acids is 1. The number of fused-ring (bicyclic) bond motifs is 1. The second kappa shape index (κ2) is 5.73. The third kappa shape index (κ3) is 2.64. The van der Waals surface area contributed by atoms with Crippen molar-refractivity contribution in [1.29, 1.82) is 0 Å². The average molecular weight is 275 g/mol. The fourth-order valence-corrected chi connectivity index (χ4v) is 2.27. The molecule has 1 unspecified atom stereocenters. The van der Waals surface area contributed by atoms with Gasteiger partial charge < -0.3 is 10.0 Å².